The predicted octanol–water partition coefficient (Wildman–Crippen LogP) is 5.05. The minimum absolute atomic E-state index is 0.767. The monoisotopic (exact) mass is 307 g/mol. The second-order valence-electron chi connectivity index (χ2n) is 6.17. The molecular weight excluding hydrogens is 286 g/mol. The molecule has 2 aromatic rings. The number of hydrogen-bond donors (Lipinski definition) is 0. The van der Waals surface area contributed by atoms with Crippen LogP contribution in [0, 0.1) is 5.92 Å². The maximum atomic E-state index is 2.49. The van der Waals surface area contributed by atoms with Crippen LogP contribution in [0.4, 0.5) is 0 Å². The highest BCUT2D eigenvalue weighted by Gasteiger charge is 2.28. The van der Waals surface area contributed by atoms with Gasteiger partial charge in [-0.15, -0.1) is 11.8 Å². The van der Waals surface area contributed by atoms with E-state index in [4.69, 9.17) is 0 Å². The van der Waals surface area contributed by atoms with Crippen molar-refractivity contribution in [1.29, 1.82) is 0 Å². The zero-order chi connectivity index (χ0) is 14.8. The van der Waals surface area contributed by atoms with Crippen molar-refractivity contribution in [3.8, 4) is 0 Å². The van der Waals surface area contributed by atoms with E-state index in [1.165, 1.54) is 42.0 Å². The van der Waals surface area contributed by atoms with Gasteiger partial charge in [0.1, 0.15) is 0 Å². The van der Waals surface area contributed by atoms with Crippen LogP contribution in [-0.4, -0.2) is 18.0 Å². The Labute approximate surface area is 137 Å². The zero-order valence-electron chi connectivity index (χ0n) is 12.7. The molecule has 3 heterocycles. The lowest BCUT2D eigenvalue weighted by Gasteiger charge is -2.39. The molecule has 0 radical (unpaired) electrons. The number of nitrogens with zero attached hydrogens (tertiary/aromatic N) is 1. The summed E-state index contributed by atoms with van der Waals surface area (Å²) in [7, 11) is 0. The zero-order valence-corrected chi connectivity index (χ0v) is 13.6. The Kier molecular flexibility index (Phi) is 3.94. The van der Waals surface area contributed by atoms with Gasteiger partial charge in [0, 0.05) is 29.9 Å². The Morgan fingerprint density at radius 1 is 0.909 bits per heavy atom. The first-order valence-corrected chi connectivity index (χ1v) is 9.10. The molecule has 0 N–H and O–H groups in total. The first-order valence-electron chi connectivity index (χ1n) is 8.12. The average Bonchev–Trinajstić information content (AvgIpc) is 2.62. The molecule has 0 spiro atoms. The van der Waals surface area contributed by atoms with Gasteiger partial charge in [-0.05, 0) is 41.5 Å². The van der Waals surface area contributed by atoms with E-state index < -0.39 is 0 Å². The van der Waals surface area contributed by atoms with E-state index >= 15 is 0 Å². The molecule has 5 rings (SSSR count). The summed E-state index contributed by atoms with van der Waals surface area (Å²) < 4.78 is 0. The highest BCUT2D eigenvalue weighted by atomic mass is 32.2. The van der Waals surface area contributed by atoms with Crippen LogP contribution in [0.5, 0.6) is 0 Å². The Morgan fingerprint density at radius 2 is 1.64 bits per heavy atom. The minimum Gasteiger partial charge on any atom is -0.377 e. The van der Waals surface area contributed by atoms with Crippen LogP contribution < -0.4 is 0 Å². The fourth-order valence-corrected chi connectivity index (χ4v) is 4.53. The van der Waals surface area contributed by atoms with Gasteiger partial charge in [-0.3, -0.25) is 0 Å². The van der Waals surface area contributed by atoms with Gasteiger partial charge >= 0.3 is 0 Å². The number of benzene rings is 2. The van der Waals surface area contributed by atoms with Crippen molar-refractivity contribution in [2.75, 3.05) is 13.1 Å². The second kappa shape index (κ2) is 6.21. The van der Waals surface area contributed by atoms with E-state index in [9.17, 15) is 0 Å². The first-order chi connectivity index (χ1) is 10.9. The average molecular weight is 307 g/mol. The molecule has 1 fully saturated rings. The van der Waals surface area contributed by atoms with Crippen LogP contribution in [0.2, 0.25) is 0 Å². The molecule has 0 aliphatic carbocycles. The van der Waals surface area contributed by atoms with Crippen LogP contribution in [0.25, 0.3) is 5.57 Å². The number of thioether (sulfide) groups is 1. The number of hydrogen-bond acceptors (Lipinski definition) is 2. The molecule has 3 aliphatic rings. The summed E-state index contributed by atoms with van der Waals surface area (Å²) in [4.78, 5) is 3.92. The predicted molar refractivity (Wildman–Crippen MR) is 94.7 cm³/mol. The van der Waals surface area contributed by atoms with Gasteiger partial charge in [-0.25, -0.2) is 0 Å². The Bertz CT molecular complexity index is 669. The van der Waals surface area contributed by atoms with Crippen molar-refractivity contribution < 1.29 is 0 Å². The molecule has 2 heteroatoms. The third-order valence-corrected chi connectivity index (χ3v) is 5.87. The number of rotatable bonds is 4. The SMILES string of the molecule is C1=C(c2ccccc2SCc2ccccc2)C2CCN1CC2. The van der Waals surface area contributed by atoms with E-state index in [-0.39, 0.29) is 0 Å². The molecule has 0 unspecified atom stereocenters. The number of allylic oxidation sites excluding steroid dienone is 1. The lowest BCUT2D eigenvalue weighted by molar-refractivity contribution is 0.252. The van der Waals surface area contributed by atoms with Gasteiger partial charge in [0.2, 0.25) is 0 Å². The Hall–Kier alpha value is -1.67. The quantitative estimate of drug-likeness (QED) is 0.728. The molecule has 2 bridgehead atoms. The molecule has 0 amide bonds. The van der Waals surface area contributed by atoms with E-state index in [0.29, 0.717) is 0 Å². The molecule has 1 nitrogen and oxygen atoms in total. The first kappa shape index (κ1) is 14.0. The van der Waals surface area contributed by atoms with E-state index in [2.05, 4.69) is 65.7 Å². The lowest BCUT2D eigenvalue weighted by Crippen LogP contribution is -2.35. The van der Waals surface area contributed by atoms with Gasteiger partial charge in [-0.1, -0.05) is 48.5 Å². The third-order valence-electron chi connectivity index (χ3n) is 4.73. The fourth-order valence-electron chi connectivity index (χ4n) is 3.50. The normalized spacial score (nSPS) is 17.6. The Balaban J connectivity index is 1.59. The summed E-state index contributed by atoms with van der Waals surface area (Å²) in [5.74, 6) is 1.81. The number of piperidine rings is 1. The van der Waals surface area contributed by atoms with Crippen LogP contribution in [0.15, 0.2) is 65.7 Å². The van der Waals surface area contributed by atoms with Crippen molar-refractivity contribution in [3.63, 3.8) is 0 Å². The van der Waals surface area contributed by atoms with Crippen LogP contribution >= 0.6 is 11.8 Å². The maximum Gasteiger partial charge on any atom is 0.0232 e. The summed E-state index contributed by atoms with van der Waals surface area (Å²) in [5.41, 5.74) is 4.41. The molecule has 1 saturated heterocycles. The van der Waals surface area contributed by atoms with Crippen molar-refractivity contribution >= 4 is 17.3 Å². The van der Waals surface area contributed by atoms with E-state index in [0.717, 1.165) is 11.7 Å². The van der Waals surface area contributed by atoms with Crippen LogP contribution in [0.3, 0.4) is 0 Å². The maximum absolute atomic E-state index is 2.49. The van der Waals surface area contributed by atoms with Crippen molar-refractivity contribution in [1.82, 2.24) is 4.90 Å². The van der Waals surface area contributed by atoms with Crippen molar-refractivity contribution in [2.45, 2.75) is 23.5 Å². The summed E-state index contributed by atoms with van der Waals surface area (Å²) in [6, 6.07) is 19.7. The van der Waals surface area contributed by atoms with Gasteiger partial charge < -0.3 is 4.90 Å². The van der Waals surface area contributed by atoms with Gasteiger partial charge in [0.15, 0.2) is 0 Å². The highest BCUT2D eigenvalue weighted by Crippen LogP contribution is 2.41. The van der Waals surface area contributed by atoms with Crippen molar-refractivity contribution in [2.24, 2.45) is 5.92 Å². The second-order valence-corrected chi connectivity index (χ2v) is 7.18. The summed E-state index contributed by atoms with van der Waals surface area (Å²) in [6.07, 6.45) is 5.06. The molecule has 0 saturated carbocycles. The lowest BCUT2D eigenvalue weighted by atomic mass is 9.82. The van der Waals surface area contributed by atoms with Gasteiger partial charge in [-0.2, -0.15) is 0 Å². The minimum atomic E-state index is 0.767. The van der Waals surface area contributed by atoms with Crippen molar-refractivity contribution in [3.05, 3.63) is 71.9 Å². The fraction of sp³-hybridized carbons (Fsp3) is 0.300. The molecule has 22 heavy (non-hydrogen) atoms. The van der Waals surface area contributed by atoms with Crippen LogP contribution in [0.1, 0.15) is 24.0 Å². The molecule has 0 aromatic heterocycles. The Morgan fingerprint density at radius 3 is 2.36 bits per heavy atom. The molecule has 0 atom stereocenters. The van der Waals surface area contributed by atoms with Crippen LogP contribution in [-0.2, 0) is 5.75 Å². The topological polar surface area (TPSA) is 3.24 Å². The molecular formula is C20H21NS. The summed E-state index contributed by atoms with van der Waals surface area (Å²) >= 11 is 1.96. The molecule has 3 aliphatic heterocycles. The van der Waals surface area contributed by atoms with E-state index in [1.807, 2.05) is 11.8 Å². The highest BCUT2D eigenvalue weighted by molar-refractivity contribution is 7.98. The molecule has 2 aromatic carbocycles. The van der Waals surface area contributed by atoms with Gasteiger partial charge in [0.05, 0.1) is 0 Å². The standard InChI is InChI=1S/C20H21NS/c1-2-6-16(7-3-1)15-22-20-9-5-4-8-18(20)19-14-21-12-10-17(19)11-13-21/h1-9,14,17H,10-13,15H2. The van der Waals surface area contributed by atoms with E-state index in [1.54, 1.807) is 5.57 Å². The number of fused-ring (bicyclic) bond motifs is 2. The summed E-state index contributed by atoms with van der Waals surface area (Å²) in [5, 5.41) is 0. The summed E-state index contributed by atoms with van der Waals surface area (Å²) in [6.45, 7) is 2.49. The largest absolute Gasteiger partial charge is 0.377 e. The smallest absolute Gasteiger partial charge is 0.0232 e. The van der Waals surface area contributed by atoms with Gasteiger partial charge in [0.25, 0.3) is 0 Å². The third kappa shape index (κ3) is 2.80. The molecule has 112 valence electrons.